The largest absolute Gasteiger partial charge is 0.493 e. The van der Waals surface area contributed by atoms with Gasteiger partial charge in [-0.1, -0.05) is 36.4 Å². The Morgan fingerprint density at radius 2 is 2.11 bits per heavy atom. The lowest BCUT2D eigenvalue weighted by atomic mass is 10.1. The number of morpholine rings is 1. The van der Waals surface area contributed by atoms with Gasteiger partial charge in [0.25, 0.3) is 0 Å². The van der Waals surface area contributed by atoms with Crippen LogP contribution in [0.25, 0.3) is 6.08 Å². The van der Waals surface area contributed by atoms with E-state index in [0.29, 0.717) is 31.2 Å². The SMILES string of the molecule is COc1cc(/C=C/C(=O)N2CCOC(c3ccccc3)C2)ccc1OCC#N. The van der Waals surface area contributed by atoms with Gasteiger partial charge in [-0.05, 0) is 29.3 Å². The number of rotatable bonds is 6. The summed E-state index contributed by atoms with van der Waals surface area (Å²) in [4.78, 5) is 14.4. The lowest BCUT2D eigenvalue weighted by Gasteiger charge is -2.32. The quantitative estimate of drug-likeness (QED) is 0.722. The van der Waals surface area contributed by atoms with Gasteiger partial charge in [0.2, 0.25) is 5.91 Å². The maximum atomic E-state index is 12.6. The number of hydrogen-bond acceptors (Lipinski definition) is 5. The molecule has 1 aliphatic rings. The van der Waals surface area contributed by atoms with Crippen LogP contribution in [0.3, 0.4) is 0 Å². The fourth-order valence-electron chi connectivity index (χ4n) is 3.01. The second-order valence-corrected chi connectivity index (χ2v) is 6.24. The average Bonchev–Trinajstić information content (AvgIpc) is 2.77. The highest BCUT2D eigenvalue weighted by Crippen LogP contribution is 2.28. The minimum atomic E-state index is -0.107. The first-order chi connectivity index (χ1) is 13.7. The molecule has 6 nitrogen and oxygen atoms in total. The van der Waals surface area contributed by atoms with Gasteiger partial charge in [0, 0.05) is 12.6 Å². The van der Waals surface area contributed by atoms with Gasteiger partial charge < -0.3 is 19.1 Å². The van der Waals surface area contributed by atoms with Crippen molar-refractivity contribution in [3.63, 3.8) is 0 Å². The van der Waals surface area contributed by atoms with E-state index in [4.69, 9.17) is 19.5 Å². The lowest BCUT2D eigenvalue weighted by Crippen LogP contribution is -2.41. The number of carbonyl (C=O) groups is 1. The average molecular weight is 378 g/mol. The minimum Gasteiger partial charge on any atom is -0.493 e. The fraction of sp³-hybridized carbons (Fsp3) is 0.273. The molecule has 0 radical (unpaired) electrons. The number of nitrogens with zero attached hydrogens (tertiary/aromatic N) is 2. The Morgan fingerprint density at radius 1 is 1.29 bits per heavy atom. The molecule has 1 saturated heterocycles. The predicted octanol–water partition coefficient (Wildman–Crippen LogP) is 3.21. The Bertz CT molecular complexity index is 874. The number of ether oxygens (including phenoxy) is 3. The van der Waals surface area contributed by atoms with Crippen molar-refractivity contribution in [2.24, 2.45) is 0 Å². The highest BCUT2D eigenvalue weighted by Gasteiger charge is 2.24. The van der Waals surface area contributed by atoms with Crippen molar-refractivity contribution in [3.05, 3.63) is 65.7 Å². The maximum absolute atomic E-state index is 12.6. The van der Waals surface area contributed by atoms with Crippen molar-refractivity contribution in [1.29, 1.82) is 5.26 Å². The Labute approximate surface area is 164 Å². The van der Waals surface area contributed by atoms with Crippen LogP contribution in [0.4, 0.5) is 0 Å². The van der Waals surface area contributed by atoms with Gasteiger partial charge in [-0.2, -0.15) is 5.26 Å². The van der Waals surface area contributed by atoms with Crippen LogP contribution in [0, 0.1) is 11.3 Å². The third-order valence-electron chi connectivity index (χ3n) is 4.45. The molecule has 0 bridgehead atoms. The van der Waals surface area contributed by atoms with E-state index >= 15 is 0 Å². The van der Waals surface area contributed by atoms with E-state index in [1.165, 1.54) is 7.11 Å². The molecule has 1 heterocycles. The Kier molecular flexibility index (Phi) is 6.66. The summed E-state index contributed by atoms with van der Waals surface area (Å²) in [5.41, 5.74) is 1.88. The van der Waals surface area contributed by atoms with Crippen molar-refractivity contribution in [3.8, 4) is 17.6 Å². The van der Waals surface area contributed by atoms with Crippen LogP contribution in [-0.2, 0) is 9.53 Å². The van der Waals surface area contributed by atoms with Gasteiger partial charge in [-0.3, -0.25) is 4.79 Å². The first-order valence-corrected chi connectivity index (χ1v) is 9.02. The van der Waals surface area contributed by atoms with Gasteiger partial charge in [-0.15, -0.1) is 0 Å². The highest BCUT2D eigenvalue weighted by molar-refractivity contribution is 5.92. The Balaban J connectivity index is 1.65. The molecule has 28 heavy (non-hydrogen) atoms. The molecule has 0 N–H and O–H groups in total. The van der Waals surface area contributed by atoms with Crippen LogP contribution in [-0.4, -0.2) is 44.2 Å². The first-order valence-electron chi connectivity index (χ1n) is 9.02. The van der Waals surface area contributed by atoms with Crippen LogP contribution < -0.4 is 9.47 Å². The molecular weight excluding hydrogens is 356 g/mol. The van der Waals surface area contributed by atoms with E-state index in [9.17, 15) is 4.79 Å². The minimum absolute atomic E-state index is 0.0519. The van der Waals surface area contributed by atoms with Crippen LogP contribution in [0.5, 0.6) is 11.5 Å². The normalized spacial score (nSPS) is 16.6. The van der Waals surface area contributed by atoms with Gasteiger partial charge in [-0.25, -0.2) is 0 Å². The van der Waals surface area contributed by atoms with E-state index in [1.807, 2.05) is 42.5 Å². The summed E-state index contributed by atoms with van der Waals surface area (Å²) in [7, 11) is 1.53. The van der Waals surface area contributed by atoms with E-state index in [1.54, 1.807) is 29.2 Å². The summed E-state index contributed by atoms with van der Waals surface area (Å²) in [6.45, 7) is 1.55. The summed E-state index contributed by atoms with van der Waals surface area (Å²) in [5.74, 6) is 0.944. The number of carbonyl (C=O) groups excluding carboxylic acids is 1. The smallest absolute Gasteiger partial charge is 0.246 e. The Hall–Kier alpha value is -3.30. The number of methoxy groups -OCH3 is 1. The number of benzene rings is 2. The van der Waals surface area contributed by atoms with Gasteiger partial charge in [0.05, 0.1) is 20.3 Å². The molecule has 2 aromatic carbocycles. The summed E-state index contributed by atoms with van der Waals surface area (Å²) in [6.07, 6.45) is 3.19. The monoisotopic (exact) mass is 378 g/mol. The van der Waals surface area contributed by atoms with Gasteiger partial charge in [0.15, 0.2) is 18.1 Å². The topological polar surface area (TPSA) is 71.8 Å². The zero-order valence-corrected chi connectivity index (χ0v) is 15.7. The molecule has 1 fully saturated rings. The molecule has 3 rings (SSSR count). The summed E-state index contributed by atoms with van der Waals surface area (Å²) in [5, 5.41) is 8.63. The van der Waals surface area contributed by atoms with Crippen molar-refractivity contribution in [2.45, 2.75) is 6.10 Å². The summed E-state index contributed by atoms with van der Waals surface area (Å²) in [6, 6.07) is 17.1. The molecule has 144 valence electrons. The lowest BCUT2D eigenvalue weighted by molar-refractivity contribution is -0.133. The fourth-order valence-corrected chi connectivity index (χ4v) is 3.01. The molecule has 6 heteroatoms. The molecule has 1 atom stereocenters. The zero-order valence-electron chi connectivity index (χ0n) is 15.7. The number of amides is 1. The zero-order chi connectivity index (χ0) is 19.8. The predicted molar refractivity (Wildman–Crippen MR) is 105 cm³/mol. The molecule has 2 aromatic rings. The third kappa shape index (κ3) is 4.90. The van der Waals surface area contributed by atoms with Crippen LogP contribution in [0.1, 0.15) is 17.2 Å². The van der Waals surface area contributed by atoms with Crippen molar-refractivity contribution in [1.82, 2.24) is 4.90 Å². The van der Waals surface area contributed by atoms with Crippen LogP contribution in [0.15, 0.2) is 54.6 Å². The van der Waals surface area contributed by atoms with E-state index < -0.39 is 0 Å². The highest BCUT2D eigenvalue weighted by atomic mass is 16.5. The van der Waals surface area contributed by atoms with Crippen molar-refractivity contribution in [2.75, 3.05) is 33.4 Å². The molecule has 1 aliphatic heterocycles. The van der Waals surface area contributed by atoms with Crippen molar-refractivity contribution < 1.29 is 19.0 Å². The van der Waals surface area contributed by atoms with Gasteiger partial charge >= 0.3 is 0 Å². The molecular formula is C22H22N2O4. The third-order valence-corrected chi connectivity index (χ3v) is 4.45. The molecule has 1 amide bonds. The van der Waals surface area contributed by atoms with E-state index in [-0.39, 0.29) is 18.6 Å². The standard InChI is InChI=1S/C22H22N2O4/c1-26-20-15-17(7-9-19(20)27-13-11-23)8-10-22(25)24-12-14-28-21(16-24)18-5-3-2-4-6-18/h2-10,15,21H,12-14,16H2,1H3/b10-8+. The van der Waals surface area contributed by atoms with E-state index in [0.717, 1.165) is 11.1 Å². The summed E-state index contributed by atoms with van der Waals surface area (Å²) >= 11 is 0. The van der Waals surface area contributed by atoms with Gasteiger partial charge in [0.1, 0.15) is 12.2 Å². The second kappa shape index (κ2) is 9.58. The van der Waals surface area contributed by atoms with Crippen LogP contribution >= 0.6 is 0 Å². The molecule has 0 aliphatic carbocycles. The second-order valence-electron chi connectivity index (χ2n) is 6.24. The molecule has 0 saturated carbocycles. The Morgan fingerprint density at radius 3 is 2.86 bits per heavy atom. The molecule has 0 aromatic heterocycles. The van der Waals surface area contributed by atoms with E-state index in [2.05, 4.69) is 0 Å². The van der Waals surface area contributed by atoms with Crippen LogP contribution in [0.2, 0.25) is 0 Å². The number of hydrogen-bond donors (Lipinski definition) is 0. The first kappa shape index (κ1) is 19.5. The molecule has 1 unspecified atom stereocenters. The number of nitriles is 1. The van der Waals surface area contributed by atoms with Crippen molar-refractivity contribution >= 4 is 12.0 Å². The summed E-state index contributed by atoms with van der Waals surface area (Å²) < 4.78 is 16.4. The maximum Gasteiger partial charge on any atom is 0.246 e. The molecule has 0 spiro atoms.